The Bertz CT molecular complexity index is 611. The van der Waals surface area contributed by atoms with Gasteiger partial charge in [-0.2, -0.15) is 0 Å². The Labute approximate surface area is 94.7 Å². The zero-order chi connectivity index (χ0) is 11.9. The molecule has 0 bridgehead atoms. The van der Waals surface area contributed by atoms with Crippen LogP contribution < -0.4 is 5.43 Å². The van der Waals surface area contributed by atoms with Crippen LogP contribution in [0.25, 0.3) is 10.9 Å². The van der Waals surface area contributed by atoms with Gasteiger partial charge < -0.3 is 4.57 Å². The average molecular weight is 216 g/mol. The molecule has 0 aromatic carbocycles. The quantitative estimate of drug-likeness (QED) is 0.733. The predicted molar refractivity (Wildman–Crippen MR) is 65.9 cm³/mol. The Morgan fingerprint density at radius 3 is 2.56 bits per heavy atom. The van der Waals surface area contributed by atoms with Gasteiger partial charge in [-0.25, -0.2) is 0 Å². The van der Waals surface area contributed by atoms with E-state index in [0.717, 1.165) is 34.4 Å². The highest BCUT2D eigenvalue weighted by Crippen LogP contribution is 2.19. The lowest BCUT2D eigenvalue weighted by molar-refractivity contribution is 0.781. The monoisotopic (exact) mass is 216 g/mol. The Kier molecular flexibility index (Phi) is 2.54. The van der Waals surface area contributed by atoms with E-state index in [9.17, 15) is 4.79 Å². The van der Waals surface area contributed by atoms with E-state index in [0.29, 0.717) is 0 Å². The predicted octanol–water partition coefficient (Wildman–Crippen LogP) is 2.34. The fourth-order valence-electron chi connectivity index (χ4n) is 2.16. The summed E-state index contributed by atoms with van der Waals surface area (Å²) in [6, 6.07) is 1.64. The summed E-state index contributed by atoms with van der Waals surface area (Å²) in [4.78, 5) is 16.4. The van der Waals surface area contributed by atoms with Crippen LogP contribution >= 0.6 is 0 Å². The molecule has 0 atom stereocenters. The summed E-state index contributed by atoms with van der Waals surface area (Å²) in [5, 5.41) is 0.814. The van der Waals surface area contributed by atoms with Gasteiger partial charge >= 0.3 is 0 Å². The van der Waals surface area contributed by atoms with E-state index in [4.69, 9.17) is 0 Å². The second-order valence-corrected chi connectivity index (χ2v) is 4.10. The first-order valence-corrected chi connectivity index (χ1v) is 5.53. The molecule has 0 fully saturated rings. The minimum absolute atomic E-state index is 0.0887. The Morgan fingerprint density at radius 1 is 1.25 bits per heavy atom. The fourth-order valence-corrected chi connectivity index (χ4v) is 2.16. The number of aromatic nitrogens is 2. The smallest absolute Gasteiger partial charge is 0.189 e. The van der Waals surface area contributed by atoms with E-state index in [1.165, 1.54) is 0 Å². The van der Waals surface area contributed by atoms with Crippen molar-refractivity contribution in [2.75, 3.05) is 0 Å². The van der Waals surface area contributed by atoms with Crippen molar-refractivity contribution in [1.29, 1.82) is 0 Å². The topological polar surface area (TPSA) is 34.9 Å². The Morgan fingerprint density at radius 2 is 1.94 bits per heavy atom. The Hall–Kier alpha value is -1.64. The molecule has 0 saturated heterocycles. The number of hydrogen-bond donors (Lipinski definition) is 0. The fraction of sp³-hybridized carbons (Fsp3) is 0.385. The van der Waals surface area contributed by atoms with Gasteiger partial charge in [-0.1, -0.05) is 0 Å². The number of aryl methyl sites for hydroxylation is 4. The molecule has 0 aliphatic rings. The van der Waals surface area contributed by atoms with Gasteiger partial charge in [-0.15, -0.1) is 0 Å². The molecule has 2 rings (SSSR count). The molecule has 0 saturated carbocycles. The standard InChI is InChI=1S/C13H16N2O/c1-5-15-7-6-11(16)12-8(2)9(3)14-10(4)13(12)15/h6-7H,5H2,1-4H3. The molecule has 84 valence electrons. The van der Waals surface area contributed by atoms with Crippen LogP contribution in [-0.4, -0.2) is 9.55 Å². The molecular weight excluding hydrogens is 200 g/mol. The third-order valence-electron chi connectivity index (χ3n) is 3.11. The highest BCUT2D eigenvalue weighted by atomic mass is 16.1. The third-order valence-corrected chi connectivity index (χ3v) is 3.11. The van der Waals surface area contributed by atoms with Crippen LogP contribution in [-0.2, 0) is 6.54 Å². The maximum Gasteiger partial charge on any atom is 0.189 e. The molecule has 0 aliphatic heterocycles. The van der Waals surface area contributed by atoms with Gasteiger partial charge in [-0.05, 0) is 33.3 Å². The molecule has 16 heavy (non-hydrogen) atoms. The molecule has 0 radical (unpaired) electrons. The summed E-state index contributed by atoms with van der Waals surface area (Å²) in [6.07, 6.45) is 1.84. The first kappa shape index (κ1) is 10.9. The zero-order valence-corrected chi connectivity index (χ0v) is 10.2. The van der Waals surface area contributed by atoms with Gasteiger partial charge in [0.1, 0.15) is 0 Å². The van der Waals surface area contributed by atoms with Crippen molar-refractivity contribution >= 4 is 10.9 Å². The van der Waals surface area contributed by atoms with E-state index in [1.807, 2.05) is 27.0 Å². The maximum atomic E-state index is 11.9. The molecule has 0 unspecified atom stereocenters. The third kappa shape index (κ3) is 1.43. The van der Waals surface area contributed by atoms with Crippen molar-refractivity contribution in [2.24, 2.45) is 0 Å². The van der Waals surface area contributed by atoms with E-state index in [2.05, 4.69) is 16.5 Å². The van der Waals surface area contributed by atoms with E-state index in [-0.39, 0.29) is 5.43 Å². The lowest BCUT2D eigenvalue weighted by Gasteiger charge is -2.13. The Balaban J connectivity index is 3.09. The largest absolute Gasteiger partial charge is 0.346 e. The summed E-state index contributed by atoms with van der Waals surface area (Å²) in [6.45, 7) is 8.79. The first-order chi connectivity index (χ1) is 7.56. The number of nitrogens with zero attached hydrogens (tertiary/aromatic N) is 2. The molecule has 3 heteroatoms. The van der Waals surface area contributed by atoms with Crippen LogP contribution in [0.5, 0.6) is 0 Å². The van der Waals surface area contributed by atoms with Crippen molar-refractivity contribution in [3.8, 4) is 0 Å². The highest BCUT2D eigenvalue weighted by molar-refractivity contribution is 5.84. The number of fused-ring (bicyclic) bond motifs is 1. The first-order valence-electron chi connectivity index (χ1n) is 5.53. The minimum Gasteiger partial charge on any atom is -0.346 e. The van der Waals surface area contributed by atoms with E-state index < -0.39 is 0 Å². The van der Waals surface area contributed by atoms with E-state index >= 15 is 0 Å². The molecule has 0 aliphatic carbocycles. The lowest BCUT2D eigenvalue weighted by Crippen LogP contribution is -2.12. The highest BCUT2D eigenvalue weighted by Gasteiger charge is 2.10. The van der Waals surface area contributed by atoms with Crippen LogP contribution in [0.3, 0.4) is 0 Å². The molecule has 2 aromatic heterocycles. The maximum absolute atomic E-state index is 11.9. The minimum atomic E-state index is 0.0887. The van der Waals surface area contributed by atoms with Gasteiger partial charge in [0.15, 0.2) is 5.43 Å². The number of hydrogen-bond acceptors (Lipinski definition) is 2. The average Bonchev–Trinajstić information content (AvgIpc) is 2.25. The van der Waals surface area contributed by atoms with Gasteiger partial charge in [0.2, 0.25) is 0 Å². The number of pyridine rings is 2. The number of rotatable bonds is 1. The summed E-state index contributed by atoms with van der Waals surface area (Å²) in [5.41, 5.74) is 3.92. The molecule has 2 aromatic rings. The van der Waals surface area contributed by atoms with Crippen LogP contribution in [0.1, 0.15) is 23.9 Å². The van der Waals surface area contributed by atoms with Crippen molar-refractivity contribution in [2.45, 2.75) is 34.2 Å². The molecule has 2 heterocycles. The molecular formula is C13H16N2O. The molecule has 0 spiro atoms. The molecule has 0 amide bonds. The van der Waals surface area contributed by atoms with Gasteiger partial charge in [-0.3, -0.25) is 9.78 Å². The SMILES string of the molecule is CCn1ccc(=O)c2c(C)c(C)nc(C)c21. The van der Waals surface area contributed by atoms with Crippen molar-refractivity contribution in [1.82, 2.24) is 9.55 Å². The summed E-state index contributed by atoms with van der Waals surface area (Å²) in [7, 11) is 0. The van der Waals surface area contributed by atoms with Crippen molar-refractivity contribution in [3.05, 3.63) is 39.4 Å². The lowest BCUT2D eigenvalue weighted by atomic mass is 10.1. The van der Waals surface area contributed by atoms with Crippen LogP contribution in [0.15, 0.2) is 17.1 Å². The summed E-state index contributed by atoms with van der Waals surface area (Å²) >= 11 is 0. The van der Waals surface area contributed by atoms with Gasteiger partial charge in [0, 0.05) is 24.5 Å². The van der Waals surface area contributed by atoms with Crippen molar-refractivity contribution < 1.29 is 0 Å². The molecule has 3 nitrogen and oxygen atoms in total. The molecule has 0 N–H and O–H groups in total. The van der Waals surface area contributed by atoms with Crippen LogP contribution in [0, 0.1) is 20.8 Å². The van der Waals surface area contributed by atoms with E-state index in [1.54, 1.807) is 6.07 Å². The van der Waals surface area contributed by atoms with Crippen LogP contribution in [0.4, 0.5) is 0 Å². The second-order valence-electron chi connectivity index (χ2n) is 4.10. The van der Waals surface area contributed by atoms with Crippen molar-refractivity contribution in [3.63, 3.8) is 0 Å². The summed E-state index contributed by atoms with van der Waals surface area (Å²) < 4.78 is 2.07. The normalized spacial score (nSPS) is 11.0. The van der Waals surface area contributed by atoms with Gasteiger partial charge in [0.25, 0.3) is 0 Å². The van der Waals surface area contributed by atoms with Crippen LogP contribution in [0.2, 0.25) is 0 Å². The van der Waals surface area contributed by atoms with Gasteiger partial charge in [0.05, 0.1) is 16.6 Å². The summed E-state index contributed by atoms with van der Waals surface area (Å²) in [5.74, 6) is 0. The zero-order valence-electron chi connectivity index (χ0n) is 10.2. The second kappa shape index (κ2) is 3.74.